The van der Waals surface area contributed by atoms with Crippen LogP contribution in [-0.4, -0.2) is 23.8 Å². The van der Waals surface area contributed by atoms with E-state index < -0.39 is 0 Å². The molecule has 2 aliphatic rings. The Hall–Kier alpha value is -2.34. The van der Waals surface area contributed by atoms with Crippen LogP contribution in [0.15, 0.2) is 42.0 Å². The van der Waals surface area contributed by atoms with Crippen molar-refractivity contribution in [1.29, 1.82) is 0 Å². The van der Waals surface area contributed by atoms with Gasteiger partial charge in [-0.2, -0.15) is 5.10 Å². The number of nitrogens with zero attached hydrogens (tertiary/aromatic N) is 1. The molecule has 2 fully saturated rings. The molecule has 0 aromatic heterocycles. The van der Waals surface area contributed by atoms with E-state index in [1.807, 2.05) is 30.3 Å². The van der Waals surface area contributed by atoms with E-state index in [4.69, 9.17) is 11.6 Å². The zero-order valence-electron chi connectivity index (χ0n) is 14.4. The number of nitrogens with one attached hydrogen (secondary N) is 2. The smallest absolute Gasteiger partial charge is 0.315 e. The van der Waals surface area contributed by atoms with Gasteiger partial charge in [0.2, 0.25) is 0 Å². The summed E-state index contributed by atoms with van der Waals surface area (Å²) in [5.41, 5.74) is 8.71. The fraction of sp³-hybridized carbons (Fsp3) is 0.474. The summed E-state index contributed by atoms with van der Waals surface area (Å²) < 4.78 is 0. The summed E-state index contributed by atoms with van der Waals surface area (Å²) in [6.07, 6.45) is 5.71. The van der Waals surface area contributed by atoms with Crippen molar-refractivity contribution in [2.45, 2.75) is 44.3 Å². The molecule has 2 amide bonds. The number of carbonyl (C=O) groups excluding carboxylic acids is 1. The summed E-state index contributed by atoms with van der Waals surface area (Å²) in [5.74, 6) is 6.27. The second-order valence-corrected chi connectivity index (χ2v) is 6.91. The minimum atomic E-state index is -0.0614. The van der Waals surface area contributed by atoms with Gasteiger partial charge in [0.1, 0.15) is 0 Å². The number of amides is 2. The van der Waals surface area contributed by atoms with Crippen molar-refractivity contribution >= 4 is 11.7 Å². The SMILES string of the molecule is C=CC1CCC2NC(=O)NC2CCC1/C(=N\N)c1ccc(CN)cc1. The van der Waals surface area contributed by atoms with Gasteiger partial charge in [0.25, 0.3) is 0 Å². The Morgan fingerprint density at radius 3 is 2.36 bits per heavy atom. The molecule has 6 nitrogen and oxygen atoms in total. The number of hydrazone groups is 1. The molecule has 6 heteroatoms. The predicted molar refractivity (Wildman–Crippen MR) is 99.9 cm³/mol. The molecule has 4 unspecified atom stereocenters. The summed E-state index contributed by atoms with van der Waals surface area (Å²) >= 11 is 0. The maximum atomic E-state index is 11.6. The molecule has 3 rings (SSSR count). The molecule has 4 atom stereocenters. The molecule has 1 aromatic carbocycles. The molecule has 1 aliphatic heterocycles. The molecule has 0 bridgehead atoms. The van der Waals surface area contributed by atoms with E-state index in [0.717, 1.165) is 42.5 Å². The zero-order valence-corrected chi connectivity index (χ0v) is 14.4. The molecule has 1 saturated heterocycles. The molecule has 1 aromatic rings. The van der Waals surface area contributed by atoms with E-state index >= 15 is 0 Å². The van der Waals surface area contributed by atoms with E-state index in [-0.39, 0.29) is 30.0 Å². The summed E-state index contributed by atoms with van der Waals surface area (Å²) in [5, 5.41) is 10.2. The van der Waals surface area contributed by atoms with Crippen LogP contribution in [0.2, 0.25) is 0 Å². The molecule has 25 heavy (non-hydrogen) atoms. The predicted octanol–water partition coefficient (Wildman–Crippen LogP) is 1.85. The lowest BCUT2D eigenvalue weighted by molar-refractivity contribution is 0.246. The molecule has 1 saturated carbocycles. The van der Waals surface area contributed by atoms with Crippen molar-refractivity contribution in [2.24, 2.45) is 28.5 Å². The first-order valence-corrected chi connectivity index (χ1v) is 8.93. The third-order valence-corrected chi connectivity index (χ3v) is 5.51. The maximum Gasteiger partial charge on any atom is 0.315 e. The number of fused-ring (bicyclic) bond motifs is 1. The second-order valence-electron chi connectivity index (χ2n) is 6.91. The van der Waals surface area contributed by atoms with Crippen LogP contribution in [0.1, 0.15) is 36.8 Å². The molecule has 0 radical (unpaired) electrons. The van der Waals surface area contributed by atoms with Gasteiger partial charge in [-0.25, -0.2) is 4.79 Å². The Morgan fingerprint density at radius 1 is 1.16 bits per heavy atom. The third-order valence-electron chi connectivity index (χ3n) is 5.51. The van der Waals surface area contributed by atoms with Gasteiger partial charge in [0, 0.05) is 12.5 Å². The second kappa shape index (κ2) is 7.70. The van der Waals surface area contributed by atoms with E-state index in [1.54, 1.807) is 0 Å². The number of hydrogen-bond donors (Lipinski definition) is 4. The fourth-order valence-corrected chi connectivity index (χ4v) is 4.09. The van der Waals surface area contributed by atoms with Crippen molar-refractivity contribution in [1.82, 2.24) is 10.6 Å². The highest BCUT2D eigenvalue weighted by atomic mass is 16.2. The molecule has 134 valence electrons. The van der Waals surface area contributed by atoms with Crippen LogP contribution in [0.4, 0.5) is 4.79 Å². The highest BCUT2D eigenvalue weighted by Crippen LogP contribution is 2.33. The van der Waals surface area contributed by atoms with Gasteiger partial charge < -0.3 is 22.2 Å². The van der Waals surface area contributed by atoms with Crippen LogP contribution in [-0.2, 0) is 6.54 Å². The van der Waals surface area contributed by atoms with Gasteiger partial charge in [0.05, 0.1) is 17.8 Å². The van der Waals surface area contributed by atoms with Crippen molar-refractivity contribution in [3.05, 3.63) is 48.0 Å². The number of nitrogens with two attached hydrogens (primary N) is 2. The minimum absolute atomic E-state index is 0.0614. The van der Waals surface area contributed by atoms with Gasteiger partial charge >= 0.3 is 6.03 Å². The Balaban J connectivity index is 1.83. The normalized spacial score (nSPS) is 29.8. The summed E-state index contributed by atoms with van der Waals surface area (Å²) in [4.78, 5) is 11.6. The van der Waals surface area contributed by atoms with Crippen LogP contribution in [0.3, 0.4) is 0 Å². The summed E-state index contributed by atoms with van der Waals surface area (Å²) in [6, 6.07) is 8.43. The van der Waals surface area contributed by atoms with Gasteiger partial charge in [0.15, 0.2) is 0 Å². The van der Waals surface area contributed by atoms with Gasteiger partial charge in [-0.05, 0) is 42.7 Å². The summed E-state index contributed by atoms with van der Waals surface area (Å²) in [7, 11) is 0. The van der Waals surface area contributed by atoms with Gasteiger partial charge in [-0.3, -0.25) is 0 Å². The van der Waals surface area contributed by atoms with Crippen LogP contribution in [0, 0.1) is 11.8 Å². The quantitative estimate of drug-likeness (QED) is 0.291. The first kappa shape index (κ1) is 17.5. The lowest BCUT2D eigenvalue weighted by Crippen LogP contribution is -2.38. The highest BCUT2D eigenvalue weighted by Gasteiger charge is 2.36. The van der Waals surface area contributed by atoms with E-state index in [1.165, 1.54) is 0 Å². The van der Waals surface area contributed by atoms with Crippen LogP contribution < -0.4 is 22.2 Å². The molecule has 1 heterocycles. The fourth-order valence-electron chi connectivity index (χ4n) is 4.09. The number of allylic oxidation sites excluding steroid dienone is 1. The van der Waals surface area contributed by atoms with Crippen molar-refractivity contribution in [2.75, 3.05) is 0 Å². The first-order valence-electron chi connectivity index (χ1n) is 8.93. The summed E-state index contributed by atoms with van der Waals surface area (Å²) in [6.45, 7) is 4.55. The number of urea groups is 1. The van der Waals surface area contributed by atoms with E-state index in [0.29, 0.717) is 6.54 Å². The first-order chi connectivity index (χ1) is 12.2. The van der Waals surface area contributed by atoms with Crippen LogP contribution in [0.25, 0.3) is 0 Å². The number of carbonyl (C=O) groups is 1. The van der Waals surface area contributed by atoms with Crippen molar-refractivity contribution < 1.29 is 4.79 Å². The molecule has 1 aliphatic carbocycles. The number of hydrogen-bond acceptors (Lipinski definition) is 4. The number of rotatable bonds is 4. The third kappa shape index (κ3) is 3.69. The average Bonchev–Trinajstić information content (AvgIpc) is 2.97. The Kier molecular flexibility index (Phi) is 5.38. The molecular weight excluding hydrogens is 314 g/mol. The highest BCUT2D eigenvalue weighted by molar-refractivity contribution is 6.02. The Morgan fingerprint density at radius 2 is 1.80 bits per heavy atom. The Labute approximate surface area is 148 Å². The van der Waals surface area contributed by atoms with Crippen LogP contribution >= 0.6 is 0 Å². The molecular formula is C19H27N5O. The maximum absolute atomic E-state index is 11.6. The van der Waals surface area contributed by atoms with Crippen molar-refractivity contribution in [3.63, 3.8) is 0 Å². The zero-order chi connectivity index (χ0) is 17.8. The van der Waals surface area contributed by atoms with Crippen LogP contribution in [0.5, 0.6) is 0 Å². The average molecular weight is 341 g/mol. The Bertz CT molecular complexity index is 654. The standard InChI is InChI=1S/C19H27N5O/c1-2-13-7-9-16-17(23-19(25)22-16)10-8-15(13)18(24-21)14-5-3-12(11-20)4-6-14/h2-6,13,15-17H,1,7-11,20-21H2,(H2,22,23,25)/b24-18-. The molecule has 0 spiro atoms. The topological polar surface area (TPSA) is 106 Å². The van der Waals surface area contributed by atoms with Gasteiger partial charge in [-0.15, -0.1) is 6.58 Å². The van der Waals surface area contributed by atoms with Crippen molar-refractivity contribution in [3.8, 4) is 0 Å². The lowest BCUT2D eigenvalue weighted by atomic mass is 9.75. The largest absolute Gasteiger partial charge is 0.333 e. The number of benzene rings is 1. The lowest BCUT2D eigenvalue weighted by Gasteiger charge is -2.32. The monoisotopic (exact) mass is 341 g/mol. The van der Waals surface area contributed by atoms with E-state index in [9.17, 15) is 4.79 Å². The van der Waals surface area contributed by atoms with Gasteiger partial charge in [-0.1, -0.05) is 30.3 Å². The molecule has 6 N–H and O–H groups in total. The van der Waals surface area contributed by atoms with E-state index in [2.05, 4.69) is 22.3 Å². The minimum Gasteiger partial charge on any atom is -0.333 e.